The number of amides is 2. The predicted molar refractivity (Wildman–Crippen MR) is 111 cm³/mol. The minimum absolute atomic E-state index is 0.0186. The average Bonchev–Trinajstić information content (AvgIpc) is 2.68. The molecule has 0 unspecified atom stereocenters. The van der Waals surface area contributed by atoms with Gasteiger partial charge in [-0.25, -0.2) is 4.79 Å². The highest BCUT2D eigenvalue weighted by Crippen LogP contribution is 2.19. The van der Waals surface area contributed by atoms with E-state index in [1.54, 1.807) is 7.05 Å². The molecule has 2 amide bonds. The highest BCUT2D eigenvalue weighted by Gasteiger charge is 2.22. The van der Waals surface area contributed by atoms with Crippen molar-refractivity contribution in [2.45, 2.75) is 46.5 Å². The summed E-state index contributed by atoms with van der Waals surface area (Å²) in [6.45, 7) is 9.98. The fraction of sp³-hybridized carbons (Fsp3) is 0.714. The van der Waals surface area contributed by atoms with E-state index in [2.05, 4.69) is 36.4 Å². The van der Waals surface area contributed by atoms with Crippen LogP contribution in [0.3, 0.4) is 0 Å². The van der Waals surface area contributed by atoms with Crippen LogP contribution in [0.25, 0.3) is 0 Å². The lowest BCUT2D eigenvalue weighted by atomic mass is 9.98. The average molecular weight is 379 g/mol. The fourth-order valence-electron chi connectivity index (χ4n) is 2.98. The number of hydrogen-bond donors (Lipinski definition) is 2. The van der Waals surface area contributed by atoms with Crippen molar-refractivity contribution in [3.8, 4) is 5.75 Å². The fourth-order valence-corrected chi connectivity index (χ4v) is 2.98. The van der Waals surface area contributed by atoms with Gasteiger partial charge in [0.1, 0.15) is 5.75 Å². The highest BCUT2D eigenvalue weighted by molar-refractivity contribution is 5.73. The summed E-state index contributed by atoms with van der Waals surface area (Å²) >= 11 is 0. The lowest BCUT2D eigenvalue weighted by Gasteiger charge is -2.31. The van der Waals surface area contributed by atoms with E-state index in [4.69, 9.17) is 4.74 Å². The number of rotatable bonds is 7. The number of nitrogens with zero attached hydrogens (tertiary/aromatic N) is 2. The third-order valence-electron chi connectivity index (χ3n) is 4.52. The Morgan fingerprint density at radius 1 is 1.30 bits per heavy atom. The molecule has 1 aliphatic heterocycles. The molecule has 2 heterocycles. The summed E-state index contributed by atoms with van der Waals surface area (Å²) in [4.78, 5) is 17.8. The van der Waals surface area contributed by atoms with Crippen LogP contribution in [0.5, 0.6) is 5.75 Å². The van der Waals surface area contributed by atoms with Crippen molar-refractivity contribution in [2.75, 3.05) is 40.3 Å². The highest BCUT2D eigenvalue weighted by atomic mass is 16.5. The quantitative estimate of drug-likeness (QED) is 0.764. The number of aromatic nitrogens is 1. The van der Waals surface area contributed by atoms with Gasteiger partial charge >= 0.3 is 6.03 Å². The molecule has 2 rings (SSSR count). The van der Waals surface area contributed by atoms with E-state index in [0.29, 0.717) is 12.5 Å². The molecule has 0 aromatic carbocycles. The molecule has 154 valence electrons. The molecule has 1 aromatic heterocycles. The van der Waals surface area contributed by atoms with Gasteiger partial charge in [0.25, 0.3) is 0 Å². The predicted octanol–water partition coefficient (Wildman–Crippen LogP) is 3.33. The van der Waals surface area contributed by atoms with Crippen molar-refractivity contribution in [3.63, 3.8) is 0 Å². The Morgan fingerprint density at radius 3 is 2.44 bits per heavy atom. The summed E-state index contributed by atoms with van der Waals surface area (Å²) in [6.07, 6.45) is 5.92. The minimum atomic E-state index is 0.0186. The summed E-state index contributed by atoms with van der Waals surface area (Å²) < 4.78 is 5.82. The van der Waals surface area contributed by atoms with Gasteiger partial charge in [-0.2, -0.15) is 0 Å². The largest absolute Gasteiger partial charge is 0.492 e. The van der Waals surface area contributed by atoms with E-state index in [1.807, 2.05) is 30.3 Å². The van der Waals surface area contributed by atoms with Crippen molar-refractivity contribution in [3.05, 3.63) is 24.0 Å². The van der Waals surface area contributed by atoms with Crippen LogP contribution in [0.2, 0.25) is 0 Å². The maximum atomic E-state index is 11.5. The minimum Gasteiger partial charge on any atom is -0.492 e. The number of pyridine rings is 1. The van der Waals surface area contributed by atoms with Crippen molar-refractivity contribution in [1.82, 2.24) is 20.5 Å². The Hall–Kier alpha value is -1.82. The van der Waals surface area contributed by atoms with E-state index < -0.39 is 0 Å². The third kappa shape index (κ3) is 9.61. The zero-order valence-electron chi connectivity index (χ0n) is 17.8. The van der Waals surface area contributed by atoms with Gasteiger partial charge in [0, 0.05) is 25.8 Å². The molecular formula is C21H38N4O2. The second-order valence-electron chi connectivity index (χ2n) is 7.48. The first-order chi connectivity index (χ1) is 13.0. The number of piperidine rings is 1. The Balaban J connectivity index is 0.000000527. The van der Waals surface area contributed by atoms with E-state index in [0.717, 1.165) is 62.7 Å². The standard InChI is InChI=1S/C16H25N3O2.C5H13N/c1-3-4-14-5-6-15(11-18-14)21-12-13-7-9-19(10-8-13)16(20)17-2;1-5(2)4-6-3/h5-6,11,13H,3-4,7-10,12H2,1-2H3,(H,17,20);5-6H,4H2,1-3H3. The van der Waals surface area contributed by atoms with Gasteiger partial charge < -0.3 is 20.3 Å². The van der Waals surface area contributed by atoms with Gasteiger partial charge in [-0.1, -0.05) is 27.2 Å². The molecule has 1 saturated heterocycles. The maximum absolute atomic E-state index is 11.5. The lowest BCUT2D eigenvalue weighted by molar-refractivity contribution is 0.146. The molecule has 0 aliphatic carbocycles. The topological polar surface area (TPSA) is 66.5 Å². The summed E-state index contributed by atoms with van der Waals surface area (Å²) in [6, 6.07) is 4.05. The first-order valence-corrected chi connectivity index (χ1v) is 10.2. The SMILES string of the molecule is CCCc1ccc(OCC2CCN(C(=O)NC)CC2)cn1.CNCC(C)C. The maximum Gasteiger partial charge on any atom is 0.317 e. The Bertz CT molecular complexity index is 511. The van der Waals surface area contributed by atoms with E-state index in [-0.39, 0.29) is 6.03 Å². The van der Waals surface area contributed by atoms with Crippen LogP contribution in [0.4, 0.5) is 4.79 Å². The number of ether oxygens (including phenoxy) is 1. The monoisotopic (exact) mass is 378 g/mol. The van der Waals surface area contributed by atoms with Crippen LogP contribution >= 0.6 is 0 Å². The lowest BCUT2D eigenvalue weighted by Crippen LogP contribution is -2.43. The smallest absolute Gasteiger partial charge is 0.317 e. The number of aryl methyl sites for hydroxylation is 1. The molecule has 27 heavy (non-hydrogen) atoms. The second kappa shape index (κ2) is 13.4. The molecule has 0 bridgehead atoms. The van der Waals surface area contributed by atoms with Crippen molar-refractivity contribution in [2.24, 2.45) is 11.8 Å². The first-order valence-electron chi connectivity index (χ1n) is 10.2. The van der Waals surface area contributed by atoms with Crippen LogP contribution in [0.15, 0.2) is 18.3 Å². The molecule has 0 spiro atoms. The number of urea groups is 1. The van der Waals surface area contributed by atoms with Crippen LogP contribution < -0.4 is 15.4 Å². The third-order valence-corrected chi connectivity index (χ3v) is 4.52. The molecule has 6 heteroatoms. The molecule has 0 radical (unpaired) electrons. The summed E-state index contributed by atoms with van der Waals surface area (Å²) in [7, 11) is 3.65. The zero-order valence-corrected chi connectivity index (χ0v) is 17.8. The Kier molecular flexibility index (Phi) is 11.5. The molecule has 1 aromatic rings. The Labute approximate surface area is 165 Å². The van der Waals surface area contributed by atoms with Gasteiger partial charge in [-0.05, 0) is 56.8 Å². The second-order valence-corrected chi connectivity index (χ2v) is 7.48. The summed E-state index contributed by atoms with van der Waals surface area (Å²) in [5, 5.41) is 5.74. The number of carbonyl (C=O) groups excluding carboxylic acids is 1. The van der Waals surface area contributed by atoms with E-state index in [9.17, 15) is 4.79 Å². The molecule has 1 fully saturated rings. The summed E-state index contributed by atoms with van der Waals surface area (Å²) in [5.41, 5.74) is 1.11. The molecular weight excluding hydrogens is 340 g/mol. The zero-order chi connectivity index (χ0) is 20.1. The van der Waals surface area contributed by atoms with Gasteiger partial charge in [0.2, 0.25) is 0 Å². The van der Waals surface area contributed by atoms with Crippen molar-refractivity contribution >= 4 is 6.03 Å². The summed E-state index contributed by atoms with van der Waals surface area (Å²) in [5.74, 6) is 2.14. The van der Waals surface area contributed by atoms with Gasteiger partial charge in [-0.15, -0.1) is 0 Å². The number of nitrogens with one attached hydrogen (secondary N) is 2. The van der Waals surface area contributed by atoms with Gasteiger partial charge in [0.05, 0.1) is 12.8 Å². The number of hydrogen-bond acceptors (Lipinski definition) is 4. The number of likely N-dealkylation sites (tertiary alicyclic amines) is 1. The van der Waals surface area contributed by atoms with Crippen molar-refractivity contribution in [1.29, 1.82) is 0 Å². The van der Waals surface area contributed by atoms with Gasteiger partial charge in [-0.3, -0.25) is 4.98 Å². The Morgan fingerprint density at radius 2 is 2.00 bits per heavy atom. The first kappa shape index (κ1) is 23.2. The molecule has 6 nitrogen and oxygen atoms in total. The van der Waals surface area contributed by atoms with Crippen LogP contribution in [0.1, 0.15) is 45.7 Å². The number of carbonyl (C=O) groups is 1. The van der Waals surface area contributed by atoms with E-state index >= 15 is 0 Å². The van der Waals surface area contributed by atoms with Crippen LogP contribution in [-0.4, -0.2) is 56.3 Å². The van der Waals surface area contributed by atoms with Crippen LogP contribution in [0, 0.1) is 11.8 Å². The van der Waals surface area contributed by atoms with Crippen molar-refractivity contribution < 1.29 is 9.53 Å². The molecule has 0 atom stereocenters. The normalized spacial score (nSPS) is 14.5. The molecule has 1 aliphatic rings. The van der Waals surface area contributed by atoms with Gasteiger partial charge in [0.15, 0.2) is 0 Å². The van der Waals surface area contributed by atoms with E-state index in [1.165, 1.54) is 0 Å². The van der Waals surface area contributed by atoms with Crippen LogP contribution in [-0.2, 0) is 6.42 Å². The molecule has 2 N–H and O–H groups in total. The molecule has 0 saturated carbocycles.